The summed E-state index contributed by atoms with van der Waals surface area (Å²) in [5.41, 5.74) is 6.76. The molecule has 0 fully saturated rings. The van der Waals surface area contributed by atoms with Crippen LogP contribution in [0.1, 0.15) is 17.3 Å². The summed E-state index contributed by atoms with van der Waals surface area (Å²) in [4.78, 5) is 11.7. The number of carbonyl (C=O) groups excluding carboxylic acids is 1. The van der Waals surface area contributed by atoms with Gasteiger partial charge in [-0.1, -0.05) is 19.1 Å². The molecule has 1 aromatic rings. The van der Waals surface area contributed by atoms with E-state index in [0.717, 1.165) is 0 Å². The second-order valence-corrected chi connectivity index (χ2v) is 4.62. The fourth-order valence-electron chi connectivity index (χ4n) is 1.12. The predicted octanol–water partition coefficient (Wildman–Crippen LogP) is 1.75. The summed E-state index contributed by atoms with van der Waals surface area (Å²) in [6.07, 6.45) is 2.02. The van der Waals surface area contributed by atoms with Crippen LogP contribution in [0.15, 0.2) is 24.3 Å². The quantitative estimate of drug-likeness (QED) is 0.766. The van der Waals surface area contributed by atoms with Gasteiger partial charge < -0.3 is 11.1 Å². The largest absolute Gasteiger partial charge is 0.398 e. The third-order valence-corrected chi connectivity index (χ3v) is 3.13. The first-order valence-electron chi connectivity index (χ1n) is 4.80. The topological polar surface area (TPSA) is 55.1 Å². The molecule has 0 aliphatic rings. The van der Waals surface area contributed by atoms with E-state index in [1.54, 1.807) is 23.9 Å². The molecule has 0 heterocycles. The van der Waals surface area contributed by atoms with Crippen LogP contribution in [0.25, 0.3) is 0 Å². The van der Waals surface area contributed by atoms with Crippen molar-refractivity contribution in [3.8, 4) is 0 Å². The average molecular weight is 224 g/mol. The lowest BCUT2D eigenvalue weighted by atomic mass is 10.1. The van der Waals surface area contributed by atoms with E-state index in [2.05, 4.69) is 12.2 Å². The molecule has 0 radical (unpaired) electrons. The molecule has 15 heavy (non-hydrogen) atoms. The molecule has 82 valence electrons. The highest BCUT2D eigenvalue weighted by molar-refractivity contribution is 7.99. The Bertz CT molecular complexity index is 341. The van der Waals surface area contributed by atoms with E-state index in [0.29, 0.717) is 23.0 Å². The number of carbonyl (C=O) groups is 1. The fourth-order valence-corrected chi connectivity index (χ4v) is 1.37. The third kappa shape index (κ3) is 3.47. The highest BCUT2D eigenvalue weighted by Gasteiger charge is 2.09. The minimum absolute atomic E-state index is 0.103. The molecule has 1 atom stereocenters. The molecule has 0 aliphatic carbocycles. The Labute approximate surface area is 94.4 Å². The number of hydrogen-bond donors (Lipinski definition) is 2. The summed E-state index contributed by atoms with van der Waals surface area (Å²) in [7, 11) is 0. The second-order valence-electron chi connectivity index (χ2n) is 3.34. The number of nitrogens with two attached hydrogens (primary N) is 1. The summed E-state index contributed by atoms with van der Waals surface area (Å²) in [6, 6.07) is 7.08. The first kappa shape index (κ1) is 11.9. The summed E-state index contributed by atoms with van der Waals surface area (Å²) in [6.45, 7) is 2.73. The van der Waals surface area contributed by atoms with Crippen molar-refractivity contribution in [1.29, 1.82) is 0 Å². The average Bonchev–Trinajstić information content (AvgIpc) is 2.26. The van der Waals surface area contributed by atoms with Crippen LogP contribution < -0.4 is 11.1 Å². The monoisotopic (exact) mass is 224 g/mol. The van der Waals surface area contributed by atoms with Crippen LogP contribution in [0, 0.1) is 0 Å². The number of anilines is 1. The van der Waals surface area contributed by atoms with Crippen molar-refractivity contribution in [1.82, 2.24) is 5.32 Å². The van der Waals surface area contributed by atoms with E-state index in [1.807, 2.05) is 18.4 Å². The van der Waals surface area contributed by atoms with Crippen LogP contribution in [0.3, 0.4) is 0 Å². The Balaban J connectivity index is 2.58. The summed E-state index contributed by atoms with van der Waals surface area (Å²) in [5, 5.41) is 3.27. The molecule has 1 aromatic carbocycles. The first-order chi connectivity index (χ1) is 7.15. The Hall–Kier alpha value is -1.16. The van der Waals surface area contributed by atoms with E-state index in [-0.39, 0.29) is 5.91 Å². The number of hydrogen-bond acceptors (Lipinski definition) is 3. The number of thioether (sulfide) groups is 1. The second kappa shape index (κ2) is 5.66. The maximum atomic E-state index is 11.7. The standard InChI is InChI=1S/C11H16N2OS/c1-8(15-2)7-13-11(14)9-5-3-4-6-10(9)12/h3-6,8H,7,12H2,1-2H3,(H,13,14). The van der Waals surface area contributed by atoms with E-state index in [1.165, 1.54) is 0 Å². The lowest BCUT2D eigenvalue weighted by molar-refractivity contribution is 0.0955. The van der Waals surface area contributed by atoms with Crippen LogP contribution in [-0.4, -0.2) is 24.0 Å². The Morgan fingerprint density at radius 3 is 2.80 bits per heavy atom. The highest BCUT2D eigenvalue weighted by atomic mass is 32.2. The number of para-hydroxylation sites is 1. The molecular formula is C11H16N2OS. The highest BCUT2D eigenvalue weighted by Crippen LogP contribution is 2.10. The van der Waals surface area contributed by atoms with Gasteiger partial charge in [0.2, 0.25) is 0 Å². The van der Waals surface area contributed by atoms with Gasteiger partial charge in [0.25, 0.3) is 5.91 Å². The number of benzene rings is 1. The molecule has 3 nitrogen and oxygen atoms in total. The Kier molecular flexibility index (Phi) is 4.49. The molecular weight excluding hydrogens is 208 g/mol. The molecule has 1 rings (SSSR count). The zero-order valence-corrected chi connectivity index (χ0v) is 9.80. The van der Waals surface area contributed by atoms with Crippen molar-refractivity contribution in [2.45, 2.75) is 12.2 Å². The van der Waals surface area contributed by atoms with Gasteiger partial charge in [0.05, 0.1) is 5.56 Å². The van der Waals surface area contributed by atoms with Gasteiger partial charge in [0, 0.05) is 17.5 Å². The molecule has 3 N–H and O–H groups in total. The van der Waals surface area contributed by atoms with Gasteiger partial charge in [-0.3, -0.25) is 4.79 Å². The molecule has 1 unspecified atom stereocenters. The van der Waals surface area contributed by atoms with Crippen molar-refractivity contribution in [3.63, 3.8) is 0 Å². The van der Waals surface area contributed by atoms with Crippen LogP contribution in [0.5, 0.6) is 0 Å². The fraction of sp³-hybridized carbons (Fsp3) is 0.364. The van der Waals surface area contributed by atoms with Gasteiger partial charge in [-0.15, -0.1) is 0 Å². The number of amides is 1. The molecule has 0 saturated heterocycles. The lowest BCUT2D eigenvalue weighted by Gasteiger charge is -2.10. The van der Waals surface area contributed by atoms with Gasteiger partial charge in [-0.25, -0.2) is 0 Å². The maximum absolute atomic E-state index is 11.7. The molecule has 0 saturated carbocycles. The summed E-state index contributed by atoms with van der Waals surface area (Å²) in [5.74, 6) is -0.103. The van der Waals surface area contributed by atoms with E-state index in [9.17, 15) is 4.79 Å². The zero-order valence-electron chi connectivity index (χ0n) is 8.99. The molecule has 0 aliphatic heterocycles. The molecule has 4 heteroatoms. The summed E-state index contributed by atoms with van der Waals surface area (Å²) < 4.78 is 0. The van der Waals surface area contributed by atoms with Gasteiger partial charge in [0.1, 0.15) is 0 Å². The molecule has 0 bridgehead atoms. The smallest absolute Gasteiger partial charge is 0.253 e. The molecule has 0 aromatic heterocycles. The Morgan fingerprint density at radius 1 is 1.53 bits per heavy atom. The van der Waals surface area contributed by atoms with Gasteiger partial charge >= 0.3 is 0 Å². The van der Waals surface area contributed by atoms with Crippen LogP contribution in [0.2, 0.25) is 0 Å². The predicted molar refractivity (Wildman–Crippen MR) is 66.2 cm³/mol. The molecule has 0 spiro atoms. The molecule has 1 amide bonds. The number of nitrogens with one attached hydrogen (secondary N) is 1. The van der Waals surface area contributed by atoms with Crippen molar-refractivity contribution in [3.05, 3.63) is 29.8 Å². The van der Waals surface area contributed by atoms with Crippen LogP contribution in [0.4, 0.5) is 5.69 Å². The summed E-state index contributed by atoms with van der Waals surface area (Å²) >= 11 is 1.72. The van der Waals surface area contributed by atoms with E-state index >= 15 is 0 Å². The minimum Gasteiger partial charge on any atom is -0.398 e. The van der Waals surface area contributed by atoms with Crippen LogP contribution >= 0.6 is 11.8 Å². The van der Waals surface area contributed by atoms with Gasteiger partial charge in [-0.2, -0.15) is 11.8 Å². The number of rotatable bonds is 4. The Morgan fingerprint density at radius 2 is 2.20 bits per heavy atom. The minimum atomic E-state index is -0.103. The van der Waals surface area contributed by atoms with Crippen LogP contribution in [-0.2, 0) is 0 Å². The normalized spacial score (nSPS) is 12.1. The third-order valence-electron chi connectivity index (χ3n) is 2.16. The van der Waals surface area contributed by atoms with E-state index < -0.39 is 0 Å². The van der Waals surface area contributed by atoms with Crippen molar-refractivity contribution < 1.29 is 4.79 Å². The number of nitrogen functional groups attached to an aromatic ring is 1. The van der Waals surface area contributed by atoms with Crippen molar-refractivity contribution in [2.75, 3.05) is 18.5 Å². The first-order valence-corrected chi connectivity index (χ1v) is 6.09. The van der Waals surface area contributed by atoms with Crippen molar-refractivity contribution >= 4 is 23.4 Å². The van der Waals surface area contributed by atoms with Gasteiger partial charge in [-0.05, 0) is 18.4 Å². The van der Waals surface area contributed by atoms with Gasteiger partial charge in [0.15, 0.2) is 0 Å². The van der Waals surface area contributed by atoms with E-state index in [4.69, 9.17) is 5.73 Å². The SMILES string of the molecule is CSC(C)CNC(=O)c1ccccc1N. The maximum Gasteiger partial charge on any atom is 0.253 e. The van der Waals surface area contributed by atoms with Crippen molar-refractivity contribution in [2.24, 2.45) is 0 Å². The zero-order chi connectivity index (χ0) is 11.3. The lowest BCUT2D eigenvalue weighted by Crippen LogP contribution is -2.29.